The van der Waals surface area contributed by atoms with Crippen LogP contribution in [0.3, 0.4) is 0 Å². The molecule has 0 saturated carbocycles. The van der Waals surface area contributed by atoms with Gasteiger partial charge in [-0.15, -0.1) is 0 Å². The van der Waals surface area contributed by atoms with Gasteiger partial charge in [0.2, 0.25) is 0 Å². The van der Waals surface area contributed by atoms with Gasteiger partial charge in [-0.1, -0.05) is 6.92 Å². The summed E-state index contributed by atoms with van der Waals surface area (Å²) >= 11 is 0. The largest absolute Gasteiger partial charge is 0.319 e. The molecule has 1 unspecified atom stereocenters. The highest BCUT2D eigenvalue weighted by molar-refractivity contribution is 7.86. The average molecular weight is 304 g/mol. The molecular formula is C13H28N4O2S. The van der Waals surface area contributed by atoms with Crippen molar-refractivity contribution < 1.29 is 8.42 Å². The second-order valence-electron chi connectivity index (χ2n) is 5.77. The highest BCUT2D eigenvalue weighted by Gasteiger charge is 2.34. The topological polar surface area (TPSA) is 55.9 Å². The van der Waals surface area contributed by atoms with E-state index in [2.05, 4.69) is 17.1 Å². The summed E-state index contributed by atoms with van der Waals surface area (Å²) in [4.78, 5) is 2.30. The molecule has 0 amide bonds. The van der Waals surface area contributed by atoms with Gasteiger partial charge in [-0.25, -0.2) is 0 Å². The van der Waals surface area contributed by atoms with E-state index in [1.54, 1.807) is 8.61 Å². The Morgan fingerprint density at radius 1 is 1.10 bits per heavy atom. The van der Waals surface area contributed by atoms with Crippen molar-refractivity contribution in [1.29, 1.82) is 0 Å². The molecule has 7 heteroatoms. The molecule has 1 N–H and O–H groups in total. The molecule has 2 fully saturated rings. The summed E-state index contributed by atoms with van der Waals surface area (Å²) in [5.41, 5.74) is 0. The lowest BCUT2D eigenvalue weighted by Crippen LogP contribution is -2.54. The fourth-order valence-corrected chi connectivity index (χ4v) is 4.84. The van der Waals surface area contributed by atoms with Gasteiger partial charge in [0.1, 0.15) is 0 Å². The van der Waals surface area contributed by atoms with Gasteiger partial charge in [-0.3, -0.25) is 0 Å². The Hall–Kier alpha value is -0.210. The Morgan fingerprint density at radius 2 is 1.80 bits per heavy atom. The molecule has 0 bridgehead atoms. The average Bonchev–Trinajstić information content (AvgIpc) is 2.48. The quantitative estimate of drug-likeness (QED) is 0.764. The van der Waals surface area contributed by atoms with Crippen molar-refractivity contribution in [3.8, 4) is 0 Å². The standard InChI is InChI=1S/C13H28N4O2S/c1-3-15-7-9-16(10-8-15)20(18,19)17-6-4-5-13(12-17)11-14-2/h13-14H,3-12H2,1-2H3. The maximum atomic E-state index is 12.7. The zero-order valence-electron chi connectivity index (χ0n) is 12.7. The first-order valence-corrected chi connectivity index (χ1v) is 9.09. The lowest BCUT2D eigenvalue weighted by Gasteiger charge is -2.39. The Labute approximate surface area is 123 Å². The molecule has 0 aliphatic carbocycles. The van der Waals surface area contributed by atoms with Gasteiger partial charge < -0.3 is 10.2 Å². The summed E-state index contributed by atoms with van der Waals surface area (Å²) in [5.74, 6) is 0.445. The van der Waals surface area contributed by atoms with Crippen molar-refractivity contribution in [2.45, 2.75) is 19.8 Å². The molecule has 2 saturated heterocycles. The summed E-state index contributed by atoms with van der Waals surface area (Å²) < 4.78 is 28.8. The minimum absolute atomic E-state index is 0.445. The minimum atomic E-state index is -3.26. The van der Waals surface area contributed by atoms with Crippen molar-refractivity contribution in [1.82, 2.24) is 18.8 Å². The van der Waals surface area contributed by atoms with Gasteiger partial charge in [0.05, 0.1) is 0 Å². The highest BCUT2D eigenvalue weighted by Crippen LogP contribution is 2.21. The number of nitrogens with zero attached hydrogens (tertiary/aromatic N) is 3. The van der Waals surface area contributed by atoms with E-state index >= 15 is 0 Å². The van der Waals surface area contributed by atoms with Gasteiger partial charge >= 0.3 is 0 Å². The summed E-state index contributed by atoms with van der Waals surface area (Å²) in [5, 5.41) is 3.16. The van der Waals surface area contributed by atoms with Gasteiger partial charge in [0.15, 0.2) is 0 Å². The Kier molecular flexibility index (Phi) is 5.80. The molecule has 0 spiro atoms. The summed E-state index contributed by atoms with van der Waals surface area (Å²) in [6.07, 6.45) is 2.09. The van der Waals surface area contributed by atoms with E-state index in [4.69, 9.17) is 0 Å². The third kappa shape index (κ3) is 3.71. The minimum Gasteiger partial charge on any atom is -0.319 e. The van der Waals surface area contributed by atoms with Crippen LogP contribution in [0.15, 0.2) is 0 Å². The number of piperazine rings is 1. The fraction of sp³-hybridized carbons (Fsp3) is 1.00. The molecule has 20 heavy (non-hydrogen) atoms. The Balaban J connectivity index is 1.96. The fourth-order valence-electron chi connectivity index (χ4n) is 3.13. The molecule has 1 atom stereocenters. The van der Waals surface area contributed by atoms with E-state index in [1.165, 1.54) is 0 Å². The smallest absolute Gasteiger partial charge is 0.282 e. The lowest BCUT2D eigenvalue weighted by molar-refractivity contribution is 0.180. The van der Waals surface area contributed by atoms with Crippen molar-refractivity contribution in [3.05, 3.63) is 0 Å². The van der Waals surface area contributed by atoms with E-state index in [0.717, 1.165) is 39.0 Å². The highest BCUT2D eigenvalue weighted by atomic mass is 32.2. The molecule has 0 aromatic carbocycles. The third-order valence-electron chi connectivity index (χ3n) is 4.41. The van der Waals surface area contributed by atoms with Crippen LogP contribution in [0.5, 0.6) is 0 Å². The van der Waals surface area contributed by atoms with Crippen molar-refractivity contribution >= 4 is 10.2 Å². The van der Waals surface area contributed by atoms with Crippen LogP contribution < -0.4 is 5.32 Å². The molecule has 0 aromatic rings. The molecule has 6 nitrogen and oxygen atoms in total. The normalized spacial score (nSPS) is 27.8. The molecule has 2 aliphatic rings. The van der Waals surface area contributed by atoms with Crippen LogP contribution in [0.4, 0.5) is 0 Å². The van der Waals surface area contributed by atoms with Gasteiger partial charge in [0.25, 0.3) is 10.2 Å². The molecule has 0 aromatic heterocycles. The molecule has 118 valence electrons. The third-order valence-corrected chi connectivity index (χ3v) is 6.41. The van der Waals surface area contributed by atoms with Gasteiger partial charge in [0, 0.05) is 39.3 Å². The zero-order chi connectivity index (χ0) is 14.6. The van der Waals surface area contributed by atoms with Crippen LogP contribution in [-0.4, -0.2) is 81.3 Å². The van der Waals surface area contributed by atoms with E-state index in [9.17, 15) is 8.42 Å². The molecule has 0 radical (unpaired) electrons. The Bertz CT molecular complexity index is 391. The van der Waals surface area contributed by atoms with E-state index in [1.807, 2.05) is 7.05 Å². The van der Waals surface area contributed by atoms with Crippen LogP contribution in [0.1, 0.15) is 19.8 Å². The van der Waals surface area contributed by atoms with E-state index < -0.39 is 10.2 Å². The predicted octanol–water partition coefficient (Wildman–Crippen LogP) is -0.200. The van der Waals surface area contributed by atoms with Crippen LogP contribution in [0.2, 0.25) is 0 Å². The van der Waals surface area contributed by atoms with E-state index in [-0.39, 0.29) is 0 Å². The maximum Gasteiger partial charge on any atom is 0.282 e. The van der Waals surface area contributed by atoms with Crippen molar-refractivity contribution in [2.24, 2.45) is 5.92 Å². The van der Waals surface area contributed by atoms with Crippen LogP contribution in [0, 0.1) is 5.92 Å². The van der Waals surface area contributed by atoms with Crippen molar-refractivity contribution in [2.75, 3.05) is 59.4 Å². The number of rotatable bonds is 5. The number of hydrogen-bond donors (Lipinski definition) is 1. The summed E-state index contributed by atoms with van der Waals surface area (Å²) in [7, 11) is -1.33. The number of hydrogen-bond acceptors (Lipinski definition) is 4. The lowest BCUT2D eigenvalue weighted by atomic mass is 10.00. The summed E-state index contributed by atoms with van der Waals surface area (Å²) in [6, 6.07) is 0. The zero-order valence-corrected chi connectivity index (χ0v) is 13.5. The van der Waals surface area contributed by atoms with Crippen LogP contribution in [-0.2, 0) is 10.2 Å². The molecular weight excluding hydrogens is 276 g/mol. The first-order chi connectivity index (χ1) is 9.57. The van der Waals surface area contributed by atoms with Crippen LogP contribution in [0.25, 0.3) is 0 Å². The second-order valence-corrected chi connectivity index (χ2v) is 7.69. The van der Waals surface area contributed by atoms with Crippen LogP contribution >= 0.6 is 0 Å². The predicted molar refractivity (Wildman–Crippen MR) is 80.8 cm³/mol. The maximum absolute atomic E-state index is 12.7. The molecule has 2 aliphatic heterocycles. The number of nitrogens with one attached hydrogen (secondary N) is 1. The Morgan fingerprint density at radius 3 is 2.40 bits per heavy atom. The van der Waals surface area contributed by atoms with Gasteiger partial charge in [-0.2, -0.15) is 17.0 Å². The number of likely N-dealkylation sites (N-methyl/N-ethyl adjacent to an activating group) is 1. The van der Waals surface area contributed by atoms with E-state index in [0.29, 0.717) is 32.1 Å². The SMILES string of the molecule is CCN1CCN(S(=O)(=O)N2CCCC(CNC)C2)CC1. The first-order valence-electron chi connectivity index (χ1n) is 7.70. The summed E-state index contributed by atoms with van der Waals surface area (Å²) in [6.45, 7) is 8.32. The molecule has 2 rings (SSSR count). The van der Waals surface area contributed by atoms with Crippen molar-refractivity contribution in [3.63, 3.8) is 0 Å². The molecule has 2 heterocycles. The second kappa shape index (κ2) is 7.17. The van der Waals surface area contributed by atoms with Gasteiger partial charge in [-0.05, 0) is 38.9 Å². The first kappa shape index (κ1) is 16.2. The number of piperidine rings is 1. The monoisotopic (exact) mass is 304 g/mol.